The summed E-state index contributed by atoms with van der Waals surface area (Å²) in [5.41, 5.74) is 0. The number of unbranched alkanes of at least 4 members (excludes halogenated alkanes) is 7. The van der Waals surface area contributed by atoms with E-state index in [4.69, 9.17) is 4.74 Å². The lowest BCUT2D eigenvalue weighted by Crippen LogP contribution is -2.39. The zero-order valence-corrected chi connectivity index (χ0v) is 12.4. The Hall–Kier alpha value is -0.830. The predicted octanol–water partition coefficient (Wildman–Crippen LogP) is 3.54. The van der Waals surface area contributed by atoms with Gasteiger partial charge in [-0.25, -0.2) is 0 Å². The second-order valence-electron chi connectivity index (χ2n) is 5.25. The van der Waals surface area contributed by atoms with Gasteiger partial charge in [0.25, 0.3) is 0 Å². The number of carbonyl (C=O) groups is 1. The molecule has 1 rings (SSSR count). The van der Waals surface area contributed by atoms with Crippen molar-refractivity contribution in [2.75, 3.05) is 26.3 Å². The van der Waals surface area contributed by atoms with Gasteiger partial charge in [0.1, 0.15) is 0 Å². The summed E-state index contributed by atoms with van der Waals surface area (Å²) in [7, 11) is 0. The Labute approximate surface area is 118 Å². The Balaban J connectivity index is 1.95. The molecule has 1 amide bonds. The molecule has 0 aliphatic carbocycles. The molecule has 19 heavy (non-hydrogen) atoms. The lowest BCUT2D eigenvalue weighted by atomic mass is 10.1. The molecule has 110 valence electrons. The molecular formula is C16H29NO2. The van der Waals surface area contributed by atoms with Gasteiger partial charge in [-0.1, -0.05) is 51.5 Å². The molecule has 1 heterocycles. The fourth-order valence-electron chi connectivity index (χ4n) is 2.29. The highest BCUT2D eigenvalue weighted by molar-refractivity contribution is 5.87. The first-order valence-corrected chi connectivity index (χ1v) is 7.87. The quantitative estimate of drug-likeness (QED) is 0.472. The van der Waals surface area contributed by atoms with E-state index in [2.05, 4.69) is 6.92 Å². The maximum Gasteiger partial charge on any atom is 0.246 e. The standard InChI is InChI=1S/C16H29NO2/c1-2-3-4-5-6-7-8-9-10-11-16(18)17-12-14-19-15-13-17/h10-11H,2-9,12-15H2,1H3. The summed E-state index contributed by atoms with van der Waals surface area (Å²) < 4.78 is 5.23. The smallest absolute Gasteiger partial charge is 0.246 e. The molecule has 0 N–H and O–H groups in total. The molecule has 0 atom stereocenters. The topological polar surface area (TPSA) is 29.5 Å². The minimum absolute atomic E-state index is 0.145. The van der Waals surface area contributed by atoms with Crippen molar-refractivity contribution in [3.05, 3.63) is 12.2 Å². The summed E-state index contributed by atoms with van der Waals surface area (Å²) in [6.07, 6.45) is 14.1. The number of nitrogens with zero attached hydrogens (tertiary/aromatic N) is 1. The van der Waals surface area contributed by atoms with Crippen LogP contribution in [0.3, 0.4) is 0 Å². The summed E-state index contributed by atoms with van der Waals surface area (Å²) in [5.74, 6) is 0.145. The monoisotopic (exact) mass is 267 g/mol. The van der Waals surface area contributed by atoms with Gasteiger partial charge in [-0.15, -0.1) is 0 Å². The fraction of sp³-hybridized carbons (Fsp3) is 0.812. The summed E-state index contributed by atoms with van der Waals surface area (Å²) >= 11 is 0. The number of rotatable bonds is 9. The Morgan fingerprint density at radius 1 is 1.05 bits per heavy atom. The Bertz CT molecular complexity index is 257. The molecule has 1 aliphatic heterocycles. The third-order valence-corrected chi connectivity index (χ3v) is 3.56. The first-order valence-electron chi connectivity index (χ1n) is 7.87. The van der Waals surface area contributed by atoms with Crippen molar-refractivity contribution in [3.63, 3.8) is 0 Å². The van der Waals surface area contributed by atoms with Crippen molar-refractivity contribution in [2.45, 2.75) is 58.3 Å². The number of carbonyl (C=O) groups excluding carboxylic acids is 1. The molecule has 0 unspecified atom stereocenters. The van der Waals surface area contributed by atoms with Gasteiger partial charge in [-0.2, -0.15) is 0 Å². The van der Waals surface area contributed by atoms with Crippen LogP contribution in [-0.2, 0) is 9.53 Å². The number of amides is 1. The highest BCUT2D eigenvalue weighted by Gasteiger charge is 2.13. The number of ether oxygens (including phenoxy) is 1. The molecule has 0 aromatic carbocycles. The van der Waals surface area contributed by atoms with Gasteiger partial charge in [-0.05, 0) is 18.9 Å². The lowest BCUT2D eigenvalue weighted by molar-refractivity contribution is -0.129. The first-order chi connectivity index (χ1) is 9.34. The van der Waals surface area contributed by atoms with Gasteiger partial charge in [0.2, 0.25) is 5.91 Å². The Morgan fingerprint density at radius 3 is 2.37 bits per heavy atom. The van der Waals surface area contributed by atoms with Crippen molar-refractivity contribution >= 4 is 5.91 Å². The van der Waals surface area contributed by atoms with Crippen LogP contribution >= 0.6 is 0 Å². The average molecular weight is 267 g/mol. The second-order valence-corrected chi connectivity index (χ2v) is 5.25. The van der Waals surface area contributed by atoms with E-state index in [9.17, 15) is 4.79 Å². The molecule has 0 radical (unpaired) electrons. The van der Waals surface area contributed by atoms with Crippen LogP contribution in [0.15, 0.2) is 12.2 Å². The molecule has 3 heteroatoms. The molecule has 0 bridgehead atoms. The summed E-state index contributed by atoms with van der Waals surface area (Å²) in [6, 6.07) is 0. The summed E-state index contributed by atoms with van der Waals surface area (Å²) in [5, 5.41) is 0. The largest absolute Gasteiger partial charge is 0.378 e. The molecule has 1 fully saturated rings. The van der Waals surface area contributed by atoms with Crippen LogP contribution in [-0.4, -0.2) is 37.1 Å². The Kier molecular flexibility index (Phi) is 9.42. The highest BCUT2D eigenvalue weighted by Crippen LogP contribution is 2.08. The zero-order chi connectivity index (χ0) is 13.8. The van der Waals surface area contributed by atoms with Crippen molar-refractivity contribution in [1.29, 1.82) is 0 Å². The van der Waals surface area contributed by atoms with E-state index in [0.29, 0.717) is 13.2 Å². The first kappa shape index (κ1) is 16.2. The Morgan fingerprint density at radius 2 is 1.68 bits per heavy atom. The minimum Gasteiger partial charge on any atom is -0.378 e. The van der Waals surface area contributed by atoms with Crippen molar-refractivity contribution < 1.29 is 9.53 Å². The van der Waals surface area contributed by atoms with Crippen LogP contribution in [0.25, 0.3) is 0 Å². The lowest BCUT2D eigenvalue weighted by Gasteiger charge is -2.25. The van der Waals surface area contributed by atoms with Crippen LogP contribution in [0, 0.1) is 0 Å². The van der Waals surface area contributed by atoms with Crippen LogP contribution in [0.5, 0.6) is 0 Å². The SMILES string of the molecule is CCCCCCCCCC=CC(=O)N1CCOCC1. The molecule has 0 saturated carbocycles. The van der Waals surface area contributed by atoms with Crippen LogP contribution < -0.4 is 0 Å². The van der Waals surface area contributed by atoms with Crippen molar-refractivity contribution in [3.8, 4) is 0 Å². The normalized spacial score (nSPS) is 16.2. The fourth-order valence-corrected chi connectivity index (χ4v) is 2.29. The molecule has 0 spiro atoms. The van der Waals surface area contributed by atoms with E-state index in [1.165, 1.54) is 44.9 Å². The number of allylic oxidation sites excluding steroid dienone is 1. The molecule has 3 nitrogen and oxygen atoms in total. The van der Waals surface area contributed by atoms with Gasteiger partial charge in [0, 0.05) is 13.1 Å². The summed E-state index contributed by atoms with van der Waals surface area (Å²) in [6.45, 7) is 5.08. The van der Waals surface area contributed by atoms with Crippen molar-refractivity contribution in [1.82, 2.24) is 4.90 Å². The zero-order valence-electron chi connectivity index (χ0n) is 12.4. The predicted molar refractivity (Wildman–Crippen MR) is 79.1 cm³/mol. The van der Waals surface area contributed by atoms with E-state index in [1.54, 1.807) is 6.08 Å². The minimum atomic E-state index is 0.145. The average Bonchev–Trinajstić information content (AvgIpc) is 2.46. The maximum atomic E-state index is 11.8. The maximum absolute atomic E-state index is 11.8. The van der Waals surface area contributed by atoms with Gasteiger partial charge in [-0.3, -0.25) is 4.79 Å². The van der Waals surface area contributed by atoms with Crippen molar-refractivity contribution in [2.24, 2.45) is 0 Å². The number of morpholine rings is 1. The third-order valence-electron chi connectivity index (χ3n) is 3.56. The molecule has 1 saturated heterocycles. The number of hydrogen-bond donors (Lipinski definition) is 0. The molecule has 0 aromatic heterocycles. The molecule has 1 aliphatic rings. The van der Waals surface area contributed by atoms with Crippen LogP contribution in [0.4, 0.5) is 0 Å². The van der Waals surface area contributed by atoms with E-state index >= 15 is 0 Å². The van der Waals surface area contributed by atoms with Gasteiger partial charge in [0.05, 0.1) is 13.2 Å². The van der Waals surface area contributed by atoms with E-state index in [-0.39, 0.29) is 5.91 Å². The molecule has 0 aromatic rings. The van der Waals surface area contributed by atoms with Crippen LogP contribution in [0.1, 0.15) is 58.3 Å². The van der Waals surface area contributed by atoms with Crippen LogP contribution in [0.2, 0.25) is 0 Å². The third kappa shape index (κ3) is 8.04. The number of hydrogen-bond acceptors (Lipinski definition) is 2. The van der Waals surface area contributed by atoms with Gasteiger partial charge >= 0.3 is 0 Å². The van der Waals surface area contributed by atoms with Gasteiger partial charge < -0.3 is 9.64 Å². The van der Waals surface area contributed by atoms with E-state index < -0.39 is 0 Å². The summed E-state index contributed by atoms with van der Waals surface area (Å²) in [4.78, 5) is 13.7. The highest BCUT2D eigenvalue weighted by atomic mass is 16.5. The van der Waals surface area contributed by atoms with Gasteiger partial charge in [0.15, 0.2) is 0 Å². The van der Waals surface area contributed by atoms with E-state index in [0.717, 1.165) is 19.5 Å². The van der Waals surface area contributed by atoms with E-state index in [1.807, 2.05) is 11.0 Å². The molecular weight excluding hydrogens is 238 g/mol. The second kappa shape index (κ2) is 11.0.